The maximum Gasteiger partial charge on any atom is 0.255 e. The molecule has 3 amide bonds. The third-order valence-corrected chi connectivity index (χ3v) is 5.81. The molecule has 0 bridgehead atoms. The third kappa shape index (κ3) is 6.42. The fourth-order valence-corrected chi connectivity index (χ4v) is 4.26. The zero-order chi connectivity index (χ0) is 23.8. The lowest BCUT2D eigenvalue weighted by Crippen LogP contribution is -2.43. The number of rotatable bonds is 9. The van der Waals surface area contributed by atoms with Crippen molar-refractivity contribution in [3.8, 4) is 17.2 Å². The standard InChI is InChI=1S/C23H25N3O6S/c1-30-17-7-5-16(6-8-17)25-23(29)18-13-33-14-26(18)22(28)10-4-15-3-9-19(20(11-15)31-2)32-12-21(24)27/h3-11,18H,12-14H2,1-2H3,(H2,24,27)(H,25,29)/b10-4+. The van der Waals surface area contributed by atoms with Crippen LogP contribution in [0.2, 0.25) is 0 Å². The molecule has 0 radical (unpaired) electrons. The Morgan fingerprint density at radius 1 is 1.12 bits per heavy atom. The molecule has 1 aliphatic rings. The summed E-state index contributed by atoms with van der Waals surface area (Å²) >= 11 is 1.52. The smallest absolute Gasteiger partial charge is 0.255 e. The second-order valence-corrected chi connectivity index (χ2v) is 8.04. The summed E-state index contributed by atoms with van der Waals surface area (Å²) < 4.78 is 15.7. The average Bonchev–Trinajstić information content (AvgIpc) is 3.32. The van der Waals surface area contributed by atoms with Crippen molar-refractivity contribution in [3.63, 3.8) is 0 Å². The molecule has 33 heavy (non-hydrogen) atoms. The molecule has 1 saturated heterocycles. The molecule has 0 spiro atoms. The van der Waals surface area contributed by atoms with E-state index in [0.717, 1.165) is 0 Å². The third-order valence-electron chi connectivity index (χ3n) is 4.80. The van der Waals surface area contributed by atoms with Gasteiger partial charge in [-0.1, -0.05) is 6.07 Å². The highest BCUT2D eigenvalue weighted by Gasteiger charge is 2.33. The summed E-state index contributed by atoms with van der Waals surface area (Å²) in [6.45, 7) is -0.267. The molecule has 3 rings (SSSR count). The van der Waals surface area contributed by atoms with Crippen molar-refractivity contribution in [1.29, 1.82) is 0 Å². The molecule has 1 heterocycles. The molecule has 10 heteroatoms. The maximum absolute atomic E-state index is 12.8. The van der Waals surface area contributed by atoms with Crippen LogP contribution >= 0.6 is 11.8 Å². The summed E-state index contributed by atoms with van der Waals surface area (Å²) in [7, 11) is 3.04. The molecule has 2 aromatic rings. The number of carbonyl (C=O) groups is 3. The highest BCUT2D eigenvalue weighted by Crippen LogP contribution is 2.29. The largest absolute Gasteiger partial charge is 0.497 e. The van der Waals surface area contributed by atoms with Gasteiger partial charge in [0.05, 0.1) is 20.1 Å². The summed E-state index contributed by atoms with van der Waals surface area (Å²) in [5.74, 6) is 1.28. The molecular formula is C23H25N3O6S. The molecule has 0 aromatic heterocycles. The Hall–Kier alpha value is -3.66. The van der Waals surface area contributed by atoms with E-state index in [2.05, 4.69) is 5.32 Å². The summed E-state index contributed by atoms with van der Waals surface area (Å²) in [5, 5.41) is 2.85. The molecule has 9 nitrogen and oxygen atoms in total. The van der Waals surface area contributed by atoms with Gasteiger partial charge in [0.2, 0.25) is 11.8 Å². The van der Waals surface area contributed by atoms with Crippen LogP contribution < -0.4 is 25.3 Å². The van der Waals surface area contributed by atoms with Crippen LogP contribution in [-0.4, -0.2) is 61.1 Å². The van der Waals surface area contributed by atoms with E-state index in [1.54, 1.807) is 55.7 Å². The minimum atomic E-state index is -0.597. The fourth-order valence-electron chi connectivity index (χ4n) is 3.10. The zero-order valence-corrected chi connectivity index (χ0v) is 19.1. The van der Waals surface area contributed by atoms with Gasteiger partial charge in [0, 0.05) is 17.5 Å². The van der Waals surface area contributed by atoms with Crippen molar-refractivity contribution in [1.82, 2.24) is 4.90 Å². The van der Waals surface area contributed by atoms with Gasteiger partial charge in [-0.25, -0.2) is 0 Å². The van der Waals surface area contributed by atoms with Crippen LogP contribution in [0.1, 0.15) is 5.56 Å². The molecule has 0 aliphatic carbocycles. The summed E-state index contributed by atoms with van der Waals surface area (Å²) in [5.41, 5.74) is 6.42. The highest BCUT2D eigenvalue weighted by molar-refractivity contribution is 7.99. The quantitative estimate of drug-likeness (QED) is 0.538. The van der Waals surface area contributed by atoms with Crippen LogP contribution in [0.4, 0.5) is 5.69 Å². The number of primary amides is 1. The molecule has 1 fully saturated rings. The Balaban J connectivity index is 1.64. The summed E-state index contributed by atoms with van der Waals surface area (Å²) in [6, 6.07) is 11.4. The Kier molecular flexibility index (Phi) is 8.20. The Morgan fingerprint density at radius 2 is 1.88 bits per heavy atom. The van der Waals surface area contributed by atoms with Crippen LogP contribution in [0.25, 0.3) is 6.08 Å². The minimum absolute atomic E-state index is 0.246. The predicted molar refractivity (Wildman–Crippen MR) is 126 cm³/mol. The number of hydrogen-bond acceptors (Lipinski definition) is 7. The first-order chi connectivity index (χ1) is 15.9. The van der Waals surface area contributed by atoms with Crippen molar-refractivity contribution >= 4 is 41.2 Å². The lowest BCUT2D eigenvalue weighted by Gasteiger charge is -2.21. The highest BCUT2D eigenvalue weighted by atomic mass is 32.2. The van der Waals surface area contributed by atoms with Gasteiger partial charge in [0.25, 0.3) is 5.91 Å². The molecular weight excluding hydrogens is 446 g/mol. The van der Waals surface area contributed by atoms with Gasteiger partial charge in [-0.15, -0.1) is 11.8 Å². The molecule has 3 N–H and O–H groups in total. The predicted octanol–water partition coefficient (Wildman–Crippen LogP) is 2.12. The molecule has 174 valence electrons. The van der Waals surface area contributed by atoms with E-state index >= 15 is 0 Å². The number of benzene rings is 2. The molecule has 1 atom stereocenters. The Labute approximate surface area is 195 Å². The number of anilines is 1. The van der Waals surface area contributed by atoms with Gasteiger partial charge in [-0.05, 0) is 48.0 Å². The van der Waals surface area contributed by atoms with Gasteiger partial charge in [-0.2, -0.15) is 0 Å². The molecule has 1 unspecified atom stereocenters. The van der Waals surface area contributed by atoms with Gasteiger partial charge in [0.1, 0.15) is 11.8 Å². The fraction of sp³-hybridized carbons (Fsp3) is 0.261. The second kappa shape index (κ2) is 11.3. The van der Waals surface area contributed by atoms with Crippen LogP contribution in [0.5, 0.6) is 17.2 Å². The average molecular weight is 472 g/mol. The van der Waals surface area contributed by atoms with Gasteiger partial charge in [-0.3, -0.25) is 14.4 Å². The normalized spacial score (nSPS) is 15.3. The minimum Gasteiger partial charge on any atom is -0.497 e. The summed E-state index contributed by atoms with van der Waals surface area (Å²) in [6.07, 6.45) is 3.04. The lowest BCUT2D eigenvalue weighted by atomic mass is 10.1. The summed E-state index contributed by atoms with van der Waals surface area (Å²) in [4.78, 5) is 38.0. The number of carbonyl (C=O) groups excluding carboxylic acids is 3. The number of nitrogens with two attached hydrogens (primary N) is 1. The zero-order valence-electron chi connectivity index (χ0n) is 18.3. The van der Waals surface area contributed by atoms with Crippen LogP contribution in [-0.2, 0) is 14.4 Å². The number of ether oxygens (including phenoxy) is 3. The van der Waals surface area contributed by atoms with Crippen molar-refractivity contribution in [2.45, 2.75) is 6.04 Å². The number of methoxy groups -OCH3 is 2. The van der Waals surface area contributed by atoms with E-state index in [0.29, 0.717) is 40.1 Å². The van der Waals surface area contributed by atoms with Crippen LogP contribution in [0.3, 0.4) is 0 Å². The van der Waals surface area contributed by atoms with E-state index in [-0.39, 0.29) is 18.4 Å². The first-order valence-corrected chi connectivity index (χ1v) is 11.2. The number of nitrogens with zero attached hydrogens (tertiary/aromatic N) is 1. The van der Waals surface area contributed by atoms with Crippen molar-refractivity contribution in [2.75, 3.05) is 37.8 Å². The SMILES string of the molecule is COc1ccc(NC(=O)C2CSCN2C(=O)/C=C/c2ccc(OCC(N)=O)c(OC)c2)cc1. The first-order valence-electron chi connectivity index (χ1n) is 10.0. The molecule has 2 aromatic carbocycles. The van der Waals surface area contributed by atoms with Crippen LogP contribution in [0.15, 0.2) is 48.5 Å². The van der Waals surface area contributed by atoms with E-state index in [1.807, 2.05) is 0 Å². The maximum atomic E-state index is 12.8. The Bertz CT molecular complexity index is 1040. The molecule has 1 aliphatic heterocycles. The lowest BCUT2D eigenvalue weighted by molar-refractivity contribution is -0.132. The molecule has 0 saturated carbocycles. The monoisotopic (exact) mass is 471 g/mol. The van der Waals surface area contributed by atoms with Crippen molar-refractivity contribution in [2.24, 2.45) is 5.73 Å². The number of hydrogen-bond donors (Lipinski definition) is 2. The number of nitrogens with one attached hydrogen (secondary N) is 1. The first kappa shape index (κ1) is 24.0. The van der Waals surface area contributed by atoms with Gasteiger partial charge in [0.15, 0.2) is 18.1 Å². The van der Waals surface area contributed by atoms with E-state index in [4.69, 9.17) is 19.9 Å². The topological polar surface area (TPSA) is 120 Å². The number of amides is 3. The van der Waals surface area contributed by atoms with Gasteiger partial charge < -0.3 is 30.2 Å². The van der Waals surface area contributed by atoms with Crippen molar-refractivity contribution in [3.05, 3.63) is 54.1 Å². The van der Waals surface area contributed by atoms with E-state index < -0.39 is 11.9 Å². The van der Waals surface area contributed by atoms with E-state index in [1.165, 1.54) is 29.8 Å². The van der Waals surface area contributed by atoms with Gasteiger partial charge >= 0.3 is 0 Å². The Morgan fingerprint density at radius 3 is 2.55 bits per heavy atom. The van der Waals surface area contributed by atoms with Crippen LogP contribution in [0, 0.1) is 0 Å². The number of thioether (sulfide) groups is 1. The second-order valence-electron chi connectivity index (χ2n) is 7.04. The van der Waals surface area contributed by atoms with E-state index in [9.17, 15) is 14.4 Å². The van der Waals surface area contributed by atoms with Crippen molar-refractivity contribution < 1.29 is 28.6 Å².